The summed E-state index contributed by atoms with van der Waals surface area (Å²) in [6.07, 6.45) is 6.55. The molecule has 4 atom stereocenters. The molecule has 0 aromatic heterocycles. The van der Waals surface area contributed by atoms with E-state index in [0.717, 1.165) is 24.7 Å². The van der Waals surface area contributed by atoms with E-state index in [9.17, 15) is 4.79 Å². The number of esters is 1. The normalized spacial score (nSPS) is 42.0. The fourth-order valence-corrected chi connectivity index (χ4v) is 4.27. The van der Waals surface area contributed by atoms with Crippen LogP contribution in [0.1, 0.15) is 66.2 Å². The Balaban J connectivity index is 1.50. The molecule has 0 N–H and O–H groups in total. The van der Waals surface area contributed by atoms with E-state index in [-0.39, 0.29) is 18.2 Å². The van der Waals surface area contributed by atoms with Gasteiger partial charge in [-0.15, -0.1) is 0 Å². The lowest BCUT2D eigenvalue weighted by Crippen LogP contribution is -2.30. The zero-order valence-corrected chi connectivity index (χ0v) is 14.3. The predicted octanol–water partition coefficient (Wildman–Crippen LogP) is 3.67. The van der Waals surface area contributed by atoms with E-state index in [0.29, 0.717) is 5.92 Å². The predicted molar refractivity (Wildman–Crippen MR) is 83.2 cm³/mol. The zero-order chi connectivity index (χ0) is 15.9. The van der Waals surface area contributed by atoms with Gasteiger partial charge in [0.15, 0.2) is 11.9 Å². The van der Waals surface area contributed by atoms with Crippen molar-refractivity contribution in [2.24, 2.45) is 17.8 Å². The maximum absolute atomic E-state index is 11.9. The molecular formula is C18H30O4. The van der Waals surface area contributed by atoms with E-state index in [1.54, 1.807) is 0 Å². The monoisotopic (exact) mass is 310 g/mol. The van der Waals surface area contributed by atoms with Crippen molar-refractivity contribution in [3.63, 3.8) is 0 Å². The summed E-state index contributed by atoms with van der Waals surface area (Å²) in [5.41, 5.74) is 0. The highest BCUT2D eigenvalue weighted by atomic mass is 16.8. The summed E-state index contributed by atoms with van der Waals surface area (Å²) in [7, 11) is 0. The Morgan fingerprint density at radius 2 is 1.86 bits per heavy atom. The summed E-state index contributed by atoms with van der Waals surface area (Å²) in [4.78, 5) is 11.9. The molecule has 3 fully saturated rings. The quantitative estimate of drug-likeness (QED) is 0.743. The molecule has 0 amide bonds. The van der Waals surface area contributed by atoms with Crippen LogP contribution < -0.4 is 0 Å². The molecule has 1 aliphatic carbocycles. The second-order valence-corrected chi connectivity index (χ2v) is 8.07. The maximum atomic E-state index is 11.9. The van der Waals surface area contributed by atoms with Crippen molar-refractivity contribution >= 4 is 5.97 Å². The molecule has 2 heterocycles. The first-order valence-corrected chi connectivity index (χ1v) is 8.92. The number of hydrogen-bond donors (Lipinski definition) is 0. The van der Waals surface area contributed by atoms with Crippen LogP contribution in [-0.2, 0) is 19.0 Å². The summed E-state index contributed by atoms with van der Waals surface area (Å²) in [6.45, 7) is 8.44. The number of rotatable bonds is 4. The van der Waals surface area contributed by atoms with Gasteiger partial charge < -0.3 is 14.2 Å². The second-order valence-electron chi connectivity index (χ2n) is 8.07. The number of ether oxygens (including phenoxy) is 3. The van der Waals surface area contributed by atoms with Gasteiger partial charge in [0, 0.05) is 0 Å². The van der Waals surface area contributed by atoms with Crippen LogP contribution in [0.4, 0.5) is 0 Å². The van der Waals surface area contributed by atoms with Crippen LogP contribution in [0.25, 0.3) is 0 Å². The summed E-state index contributed by atoms with van der Waals surface area (Å²) < 4.78 is 17.0. The van der Waals surface area contributed by atoms with Crippen molar-refractivity contribution in [3.05, 3.63) is 0 Å². The minimum Gasteiger partial charge on any atom is -0.457 e. The smallest absolute Gasteiger partial charge is 0.338 e. The third-order valence-corrected chi connectivity index (χ3v) is 5.77. The highest BCUT2D eigenvalue weighted by molar-refractivity contribution is 5.78. The Bertz CT molecular complexity index is 411. The third kappa shape index (κ3) is 3.33. The summed E-state index contributed by atoms with van der Waals surface area (Å²) in [5, 5.41) is 0. The van der Waals surface area contributed by atoms with Gasteiger partial charge in [0.2, 0.25) is 0 Å². The molecule has 4 heteroatoms. The summed E-state index contributed by atoms with van der Waals surface area (Å²) in [6, 6.07) is 0. The molecule has 126 valence electrons. The Morgan fingerprint density at radius 1 is 1.18 bits per heavy atom. The highest BCUT2D eigenvalue weighted by Crippen LogP contribution is 2.39. The highest BCUT2D eigenvalue weighted by Gasteiger charge is 2.55. The molecule has 0 radical (unpaired) electrons. The molecule has 0 bridgehead atoms. The molecule has 3 rings (SSSR count). The van der Waals surface area contributed by atoms with E-state index in [1.807, 2.05) is 13.8 Å². The van der Waals surface area contributed by atoms with Gasteiger partial charge in [-0.1, -0.05) is 26.7 Å². The Kier molecular flexibility index (Phi) is 4.52. The van der Waals surface area contributed by atoms with E-state index in [1.165, 1.54) is 25.7 Å². The molecule has 22 heavy (non-hydrogen) atoms. The first-order valence-electron chi connectivity index (χ1n) is 8.92. The zero-order valence-electron chi connectivity index (χ0n) is 14.3. The van der Waals surface area contributed by atoms with Gasteiger partial charge >= 0.3 is 5.97 Å². The number of hydrogen-bond acceptors (Lipinski definition) is 4. The first-order chi connectivity index (χ1) is 10.4. The van der Waals surface area contributed by atoms with Crippen LogP contribution in [0.2, 0.25) is 0 Å². The number of cyclic esters (lactones) is 1. The molecular weight excluding hydrogens is 280 g/mol. The number of carbonyl (C=O) groups is 1. The van der Waals surface area contributed by atoms with Crippen LogP contribution in [0, 0.1) is 17.8 Å². The minimum atomic E-state index is -0.669. The van der Waals surface area contributed by atoms with Gasteiger partial charge in [-0.25, -0.2) is 4.79 Å². The Labute approximate surface area is 133 Å². The fourth-order valence-electron chi connectivity index (χ4n) is 4.27. The van der Waals surface area contributed by atoms with Crippen molar-refractivity contribution < 1.29 is 19.0 Å². The van der Waals surface area contributed by atoms with Gasteiger partial charge in [-0.05, 0) is 57.3 Å². The van der Waals surface area contributed by atoms with Crippen molar-refractivity contribution in [3.8, 4) is 0 Å². The van der Waals surface area contributed by atoms with Crippen molar-refractivity contribution in [1.29, 1.82) is 0 Å². The van der Waals surface area contributed by atoms with E-state index in [2.05, 4.69) is 13.8 Å². The molecule has 1 saturated carbocycles. The molecule has 2 saturated heterocycles. The van der Waals surface area contributed by atoms with Crippen LogP contribution in [0.5, 0.6) is 0 Å². The van der Waals surface area contributed by atoms with E-state index >= 15 is 0 Å². The van der Waals surface area contributed by atoms with Crippen LogP contribution in [0.3, 0.4) is 0 Å². The minimum absolute atomic E-state index is 0.135. The molecule has 1 unspecified atom stereocenters. The van der Waals surface area contributed by atoms with Crippen LogP contribution in [-0.4, -0.2) is 30.1 Å². The topological polar surface area (TPSA) is 44.8 Å². The summed E-state index contributed by atoms with van der Waals surface area (Å²) >= 11 is 0. The van der Waals surface area contributed by atoms with Crippen LogP contribution in [0.15, 0.2) is 0 Å². The van der Waals surface area contributed by atoms with Gasteiger partial charge in [-0.2, -0.15) is 0 Å². The van der Waals surface area contributed by atoms with Crippen molar-refractivity contribution in [1.82, 2.24) is 0 Å². The lowest BCUT2D eigenvalue weighted by atomic mass is 9.75. The second kappa shape index (κ2) is 6.12. The van der Waals surface area contributed by atoms with Gasteiger partial charge in [0.25, 0.3) is 0 Å². The van der Waals surface area contributed by atoms with Gasteiger partial charge in [-0.3, -0.25) is 0 Å². The molecule has 4 nitrogen and oxygen atoms in total. The van der Waals surface area contributed by atoms with Crippen molar-refractivity contribution in [2.45, 2.75) is 90.3 Å². The third-order valence-electron chi connectivity index (χ3n) is 5.77. The van der Waals surface area contributed by atoms with Gasteiger partial charge in [0.1, 0.15) is 12.2 Å². The average molecular weight is 310 g/mol. The average Bonchev–Trinajstić information content (AvgIpc) is 2.92. The molecule has 0 aromatic carbocycles. The van der Waals surface area contributed by atoms with Crippen molar-refractivity contribution in [2.75, 3.05) is 0 Å². The standard InChI is InChI=1S/C18H30O4/c1-11-5-8-13(9-6-11)12(2)7-10-14-15-16(17(19)20-14)22-18(3,4)21-15/h11-16H,5-10H2,1-4H3/t11?,12?,13?,14-,15-,16-/m1/s1. The van der Waals surface area contributed by atoms with E-state index in [4.69, 9.17) is 14.2 Å². The van der Waals surface area contributed by atoms with Crippen LogP contribution >= 0.6 is 0 Å². The SMILES string of the molecule is CC1CCC(C(C)CC[C@H]2OC(=O)[C@@H]3OC(C)(C)O[C@H]23)CC1. The maximum Gasteiger partial charge on any atom is 0.338 e. The Morgan fingerprint density at radius 3 is 2.55 bits per heavy atom. The molecule has 2 aliphatic heterocycles. The Hall–Kier alpha value is -0.610. The van der Waals surface area contributed by atoms with Gasteiger partial charge in [0.05, 0.1) is 0 Å². The molecule has 0 spiro atoms. The van der Waals surface area contributed by atoms with E-state index < -0.39 is 11.9 Å². The molecule has 3 aliphatic rings. The lowest BCUT2D eigenvalue weighted by Gasteiger charge is -2.31. The largest absolute Gasteiger partial charge is 0.457 e. The lowest BCUT2D eigenvalue weighted by molar-refractivity contribution is -0.187. The summed E-state index contributed by atoms with van der Waals surface area (Å²) in [5.74, 6) is 1.51. The first kappa shape index (κ1) is 16.3. The fraction of sp³-hybridized carbons (Fsp3) is 0.944. The number of fused-ring (bicyclic) bond motifs is 1. The molecule has 0 aromatic rings. The number of carbonyl (C=O) groups excluding carboxylic acids is 1.